The van der Waals surface area contributed by atoms with E-state index in [9.17, 15) is 19.2 Å². The second kappa shape index (κ2) is 17.1. The minimum Gasteiger partial charge on any atom is -0.469 e. The number of para-hydroxylation sites is 1. The highest BCUT2D eigenvalue weighted by Gasteiger charge is 2.65. The molecule has 0 spiro atoms. The molecule has 0 heterocycles. The summed E-state index contributed by atoms with van der Waals surface area (Å²) in [5.74, 6) is -6.60. The van der Waals surface area contributed by atoms with Gasteiger partial charge in [-0.2, -0.15) is 0 Å². The molecule has 9 heteroatoms. The van der Waals surface area contributed by atoms with Crippen molar-refractivity contribution in [3.63, 3.8) is 0 Å². The molecular weight excluding hydrogens is 658 g/mol. The number of hydrogen-bond donors (Lipinski definition) is 0. The van der Waals surface area contributed by atoms with E-state index in [4.69, 9.17) is 18.9 Å². The first-order chi connectivity index (χ1) is 25.4. The number of rotatable bonds is 14. The van der Waals surface area contributed by atoms with Crippen LogP contribution < -0.4 is 4.74 Å². The van der Waals surface area contributed by atoms with Crippen LogP contribution in [0.3, 0.4) is 0 Å². The molecule has 264 valence electrons. The molecule has 0 bridgehead atoms. The van der Waals surface area contributed by atoms with Gasteiger partial charge in [-0.3, -0.25) is 19.2 Å². The number of esters is 3. The zero-order valence-corrected chi connectivity index (χ0v) is 28.7. The third-order valence-electron chi connectivity index (χ3n) is 9.10. The van der Waals surface area contributed by atoms with Gasteiger partial charge in [-0.05, 0) is 46.5 Å². The number of benzene rings is 5. The largest absolute Gasteiger partial charge is 0.469 e. The van der Waals surface area contributed by atoms with Crippen LogP contribution in [0.15, 0.2) is 146 Å². The molecular formula is C43H39NO8. The van der Waals surface area contributed by atoms with E-state index in [-0.39, 0.29) is 26.3 Å². The third kappa shape index (κ3) is 8.73. The van der Waals surface area contributed by atoms with Gasteiger partial charge in [-0.1, -0.05) is 121 Å². The van der Waals surface area contributed by atoms with Crippen LogP contribution >= 0.6 is 0 Å². The van der Waals surface area contributed by atoms with Crippen LogP contribution in [-0.4, -0.2) is 35.8 Å². The Kier molecular flexibility index (Phi) is 11.7. The highest BCUT2D eigenvalue weighted by Crippen LogP contribution is 2.50. The van der Waals surface area contributed by atoms with Crippen molar-refractivity contribution in [3.05, 3.63) is 168 Å². The zero-order valence-electron chi connectivity index (χ0n) is 28.7. The summed E-state index contributed by atoms with van der Waals surface area (Å²) in [7, 11) is 1.18. The standard InChI is InChI=1S/C43H39NO8/c1-49-41(46)39-37(42(47)50-28-32-16-8-3-9-17-32)36(38(39)43(48)51-29-33-18-10-4-11-19-33)40(45)44(26-30-14-6-2-7-15-30)27-31-22-24-35(25-23-31)52-34-20-12-5-13-21-34/h2-25,36-39H,26-29H2,1H3. The maximum absolute atomic E-state index is 14.8. The molecule has 1 fully saturated rings. The molecule has 6 rings (SSSR count). The van der Waals surface area contributed by atoms with Gasteiger partial charge in [0.2, 0.25) is 5.91 Å². The Labute approximate surface area is 302 Å². The average molecular weight is 698 g/mol. The molecule has 0 saturated heterocycles. The summed E-state index contributed by atoms with van der Waals surface area (Å²) in [6.07, 6.45) is 0. The summed E-state index contributed by atoms with van der Waals surface area (Å²) < 4.78 is 22.4. The molecule has 2 unspecified atom stereocenters. The lowest BCUT2D eigenvalue weighted by Gasteiger charge is -2.47. The first-order valence-electron chi connectivity index (χ1n) is 17.0. The molecule has 1 aliphatic rings. The van der Waals surface area contributed by atoms with Gasteiger partial charge < -0.3 is 23.8 Å². The molecule has 0 aromatic heterocycles. The van der Waals surface area contributed by atoms with E-state index in [1.807, 2.05) is 121 Å². The minimum absolute atomic E-state index is 0.0702. The van der Waals surface area contributed by atoms with Gasteiger partial charge >= 0.3 is 17.9 Å². The van der Waals surface area contributed by atoms with E-state index >= 15 is 0 Å². The van der Waals surface area contributed by atoms with Crippen molar-refractivity contribution in [1.82, 2.24) is 4.90 Å². The van der Waals surface area contributed by atoms with Crippen LogP contribution in [0.4, 0.5) is 0 Å². The first kappa shape index (κ1) is 35.6. The number of ether oxygens (including phenoxy) is 4. The molecule has 0 radical (unpaired) electrons. The number of methoxy groups -OCH3 is 1. The van der Waals surface area contributed by atoms with Gasteiger partial charge in [0.1, 0.15) is 24.7 Å². The van der Waals surface area contributed by atoms with E-state index in [1.54, 1.807) is 29.2 Å². The second-order valence-corrected chi connectivity index (χ2v) is 12.6. The fourth-order valence-electron chi connectivity index (χ4n) is 6.46. The molecule has 1 aliphatic carbocycles. The fraction of sp³-hybridized carbons (Fsp3) is 0.209. The van der Waals surface area contributed by atoms with Gasteiger partial charge in [0.15, 0.2) is 0 Å². The highest BCUT2D eigenvalue weighted by molar-refractivity contribution is 5.99. The zero-order chi connectivity index (χ0) is 36.3. The number of nitrogens with zero attached hydrogens (tertiary/aromatic N) is 1. The van der Waals surface area contributed by atoms with Crippen molar-refractivity contribution >= 4 is 23.8 Å². The van der Waals surface area contributed by atoms with Crippen LogP contribution in [-0.2, 0) is 59.7 Å². The Morgan fingerprint density at radius 3 is 1.31 bits per heavy atom. The SMILES string of the molecule is COC(=O)C1C(C(=O)OCc2ccccc2)C(C(=O)N(Cc2ccccc2)Cc2ccc(Oc3ccccc3)cc2)C1C(=O)OCc1ccccc1. The number of amides is 1. The number of hydrogen-bond acceptors (Lipinski definition) is 8. The molecule has 5 aromatic rings. The first-order valence-corrected chi connectivity index (χ1v) is 17.0. The fourth-order valence-corrected chi connectivity index (χ4v) is 6.46. The molecule has 1 amide bonds. The van der Waals surface area contributed by atoms with Crippen LogP contribution in [0.2, 0.25) is 0 Å². The summed E-state index contributed by atoms with van der Waals surface area (Å²) in [4.78, 5) is 57.4. The second-order valence-electron chi connectivity index (χ2n) is 12.6. The summed E-state index contributed by atoms with van der Waals surface area (Å²) in [6, 6.07) is 44.3. The van der Waals surface area contributed by atoms with Gasteiger partial charge in [0.05, 0.1) is 30.8 Å². The smallest absolute Gasteiger partial charge is 0.311 e. The molecule has 0 N–H and O–H groups in total. The van der Waals surface area contributed by atoms with Crippen LogP contribution in [0, 0.1) is 23.7 Å². The van der Waals surface area contributed by atoms with Crippen molar-refractivity contribution in [2.75, 3.05) is 7.11 Å². The molecule has 52 heavy (non-hydrogen) atoms. The third-order valence-corrected chi connectivity index (χ3v) is 9.10. The predicted molar refractivity (Wildman–Crippen MR) is 192 cm³/mol. The van der Waals surface area contributed by atoms with E-state index < -0.39 is 47.5 Å². The van der Waals surface area contributed by atoms with Crippen molar-refractivity contribution < 1.29 is 38.1 Å². The lowest BCUT2D eigenvalue weighted by molar-refractivity contribution is -0.196. The van der Waals surface area contributed by atoms with Crippen LogP contribution in [0.25, 0.3) is 0 Å². The Bertz CT molecular complexity index is 1870. The molecule has 1 saturated carbocycles. The highest BCUT2D eigenvalue weighted by atomic mass is 16.5. The summed E-state index contributed by atoms with van der Waals surface area (Å²) in [6.45, 7) is 0.188. The Hall–Kier alpha value is -6.22. The quantitative estimate of drug-likeness (QED) is 0.0890. The maximum atomic E-state index is 14.8. The van der Waals surface area contributed by atoms with E-state index in [0.29, 0.717) is 11.5 Å². The summed E-state index contributed by atoms with van der Waals surface area (Å²) in [5, 5.41) is 0. The van der Waals surface area contributed by atoms with Crippen LogP contribution in [0.5, 0.6) is 11.5 Å². The van der Waals surface area contributed by atoms with Crippen molar-refractivity contribution in [1.29, 1.82) is 0 Å². The van der Waals surface area contributed by atoms with Crippen molar-refractivity contribution in [2.45, 2.75) is 26.3 Å². The summed E-state index contributed by atoms with van der Waals surface area (Å²) in [5.41, 5.74) is 3.10. The Balaban J connectivity index is 1.30. The molecule has 5 aromatic carbocycles. The van der Waals surface area contributed by atoms with Crippen LogP contribution in [0.1, 0.15) is 22.3 Å². The van der Waals surface area contributed by atoms with Gasteiger partial charge in [0.25, 0.3) is 0 Å². The predicted octanol–water partition coefficient (Wildman–Crippen LogP) is 7.15. The normalized spacial score (nSPS) is 17.6. The molecule has 0 aliphatic heterocycles. The Morgan fingerprint density at radius 2 is 0.846 bits per heavy atom. The minimum atomic E-state index is -1.28. The average Bonchev–Trinajstić information content (AvgIpc) is 3.18. The van der Waals surface area contributed by atoms with Crippen molar-refractivity contribution in [3.8, 4) is 11.5 Å². The topological polar surface area (TPSA) is 108 Å². The number of carbonyl (C=O) groups excluding carboxylic acids is 4. The van der Waals surface area contributed by atoms with E-state index in [0.717, 1.165) is 22.3 Å². The molecule has 9 nitrogen and oxygen atoms in total. The van der Waals surface area contributed by atoms with E-state index in [1.165, 1.54) is 7.11 Å². The Morgan fingerprint density at radius 1 is 0.462 bits per heavy atom. The summed E-state index contributed by atoms with van der Waals surface area (Å²) >= 11 is 0. The lowest BCUT2D eigenvalue weighted by Crippen LogP contribution is -2.62. The lowest BCUT2D eigenvalue weighted by atomic mass is 9.55. The van der Waals surface area contributed by atoms with Gasteiger partial charge in [-0.25, -0.2) is 0 Å². The molecule has 2 atom stereocenters. The van der Waals surface area contributed by atoms with Crippen molar-refractivity contribution in [2.24, 2.45) is 23.7 Å². The number of carbonyl (C=O) groups is 4. The van der Waals surface area contributed by atoms with E-state index in [2.05, 4.69) is 0 Å². The van der Waals surface area contributed by atoms with Gasteiger partial charge in [0, 0.05) is 13.1 Å². The monoisotopic (exact) mass is 697 g/mol. The van der Waals surface area contributed by atoms with Gasteiger partial charge in [-0.15, -0.1) is 0 Å². The maximum Gasteiger partial charge on any atom is 0.311 e.